The third-order valence-corrected chi connectivity index (χ3v) is 5.47. The second kappa shape index (κ2) is 9.26. The van der Waals surface area contributed by atoms with Crippen molar-refractivity contribution >= 4 is 50.9 Å². The summed E-state index contributed by atoms with van der Waals surface area (Å²) in [4.78, 5) is 16.7. The fourth-order valence-electron chi connectivity index (χ4n) is 2.52. The van der Waals surface area contributed by atoms with Crippen LogP contribution in [0.1, 0.15) is 0 Å². The van der Waals surface area contributed by atoms with Crippen LogP contribution in [0.3, 0.4) is 0 Å². The molecule has 0 saturated heterocycles. The second-order valence-corrected chi connectivity index (χ2v) is 7.97. The first kappa shape index (κ1) is 19.7. The Labute approximate surface area is 175 Å². The van der Waals surface area contributed by atoms with Crippen LogP contribution in [0.5, 0.6) is 0 Å². The third kappa shape index (κ3) is 5.25. The first-order valence-electron chi connectivity index (χ1n) is 8.17. The predicted molar refractivity (Wildman–Crippen MR) is 116 cm³/mol. The SMILES string of the molecule is C=CCn1c(-c2ccc(Br)cc2)cnc1SCC(=O)Nc1cccc(Cl)c1. The molecule has 3 rings (SSSR count). The van der Waals surface area contributed by atoms with Gasteiger partial charge in [0.15, 0.2) is 5.16 Å². The van der Waals surface area contributed by atoms with E-state index in [9.17, 15) is 4.79 Å². The zero-order chi connectivity index (χ0) is 19.2. The number of benzene rings is 2. The fourth-order valence-corrected chi connectivity index (χ4v) is 3.77. The van der Waals surface area contributed by atoms with E-state index in [-0.39, 0.29) is 11.7 Å². The summed E-state index contributed by atoms with van der Waals surface area (Å²) in [6.07, 6.45) is 3.64. The van der Waals surface area contributed by atoms with Crippen molar-refractivity contribution < 1.29 is 4.79 Å². The Bertz CT molecular complexity index is 956. The number of anilines is 1. The van der Waals surface area contributed by atoms with Gasteiger partial charge in [0.2, 0.25) is 5.91 Å². The molecular formula is C20H17BrClN3OS. The highest BCUT2D eigenvalue weighted by molar-refractivity contribution is 9.10. The molecule has 3 aromatic rings. The number of thioether (sulfide) groups is 1. The summed E-state index contributed by atoms with van der Waals surface area (Å²) in [5.74, 6) is 0.140. The average molecular weight is 463 g/mol. The van der Waals surface area contributed by atoms with Crippen LogP contribution in [-0.4, -0.2) is 21.2 Å². The first-order chi connectivity index (χ1) is 13.1. The number of aromatic nitrogens is 2. The maximum atomic E-state index is 12.2. The number of imidazole rings is 1. The molecule has 27 heavy (non-hydrogen) atoms. The summed E-state index contributed by atoms with van der Waals surface area (Å²) in [5.41, 5.74) is 2.72. The smallest absolute Gasteiger partial charge is 0.234 e. The van der Waals surface area contributed by atoms with E-state index < -0.39 is 0 Å². The van der Waals surface area contributed by atoms with E-state index in [1.807, 2.05) is 41.1 Å². The van der Waals surface area contributed by atoms with Gasteiger partial charge in [-0.05, 0) is 35.9 Å². The van der Waals surface area contributed by atoms with Crippen molar-refractivity contribution in [2.45, 2.75) is 11.7 Å². The second-order valence-electron chi connectivity index (χ2n) is 5.68. The summed E-state index contributed by atoms with van der Waals surface area (Å²) in [7, 11) is 0. The molecule has 0 fully saturated rings. The first-order valence-corrected chi connectivity index (χ1v) is 10.3. The molecular weight excluding hydrogens is 446 g/mol. The molecule has 0 spiro atoms. The number of nitrogens with one attached hydrogen (secondary N) is 1. The molecule has 0 radical (unpaired) electrons. The Morgan fingerprint density at radius 3 is 2.78 bits per heavy atom. The summed E-state index contributed by atoms with van der Waals surface area (Å²) >= 11 is 10.8. The number of nitrogens with zero attached hydrogens (tertiary/aromatic N) is 2. The van der Waals surface area contributed by atoms with Crippen molar-refractivity contribution in [3.63, 3.8) is 0 Å². The zero-order valence-electron chi connectivity index (χ0n) is 14.4. The zero-order valence-corrected chi connectivity index (χ0v) is 17.5. The van der Waals surface area contributed by atoms with Crippen molar-refractivity contribution in [3.8, 4) is 11.3 Å². The van der Waals surface area contributed by atoms with E-state index >= 15 is 0 Å². The topological polar surface area (TPSA) is 46.9 Å². The summed E-state index contributed by atoms with van der Waals surface area (Å²) in [6, 6.07) is 15.1. The van der Waals surface area contributed by atoms with Crippen LogP contribution in [0.2, 0.25) is 5.02 Å². The monoisotopic (exact) mass is 461 g/mol. The molecule has 138 valence electrons. The van der Waals surface area contributed by atoms with Crippen LogP contribution in [-0.2, 0) is 11.3 Å². The average Bonchev–Trinajstić information content (AvgIpc) is 3.04. The lowest BCUT2D eigenvalue weighted by Crippen LogP contribution is -2.14. The number of hydrogen-bond donors (Lipinski definition) is 1. The van der Waals surface area contributed by atoms with E-state index in [0.29, 0.717) is 17.3 Å². The van der Waals surface area contributed by atoms with Gasteiger partial charge in [-0.3, -0.25) is 4.79 Å². The van der Waals surface area contributed by atoms with E-state index in [1.165, 1.54) is 11.8 Å². The summed E-state index contributed by atoms with van der Waals surface area (Å²) in [5, 5.41) is 4.20. The summed E-state index contributed by atoms with van der Waals surface area (Å²) < 4.78 is 3.07. The van der Waals surface area contributed by atoms with Gasteiger partial charge in [-0.15, -0.1) is 6.58 Å². The maximum Gasteiger partial charge on any atom is 0.234 e. The number of allylic oxidation sites excluding steroid dienone is 1. The van der Waals surface area contributed by atoms with Crippen molar-refractivity contribution in [3.05, 3.63) is 76.9 Å². The van der Waals surface area contributed by atoms with Gasteiger partial charge >= 0.3 is 0 Å². The number of rotatable bonds is 7. The molecule has 0 atom stereocenters. The van der Waals surface area contributed by atoms with Crippen LogP contribution in [0, 0.1) is 0 Å². The van der Waals surface area contributed by atoms with Crippen LogP contribution >= 0.6 is 39.3 Å². The van der Waals surface area contributed by atoms with Crippen LogP contribution < -0.4 is 5.32 Å². The molecule has 0 saturated carbocycles. The molecule has 0 aliphatic rings. The van der Waals surface area contributed by atoms with Crippen molar-refractivity contribution in [2.75, 3.05) is 11.1 Å². The number of carbonyl (C=O) groups is 1. The minimum Gasteiger partial charge on any atom is -0.325 e. The normalized spacial score (nSPS) is 10.6. The Hall–Kier alpha value is -2.02. The standard InChI is InChI=1S/C20H17BrClN3OS/c1-2-10-25-18(14-6-8-15(21)9-7-14)12-23-20(25)27-13-19(26)24-17-5-3-4-16(22)11-17/h2-9,11-12H,1,10,13H2,(H,24,26). The predicted octanol–water partition coefficient (Wildman–Crippen LogP) is 5.88. The number of hydrogen-bond acceptors (Lipinski definition) is 3. The lowest BCUT2D eigenvalue weighted by atomic mass is 10.2. The number of carbonyl (C=O) groups excluding carboxylic acids is 1. The molecule has 4 nitrogen and oxygen atoms in total. The van der Waals surface area contributed by atoms with Crippen LogP contribution in [0.4, 0.5) is 5.69 Å². The molecule has 2 aromatic carbocycles. The Balaban J connectivity index is 1.72. The minimum atomic E-state index is -0.111. The Morgan fingerprint density at radius 1 is 1.30 bits per heavy atom. The van der Waals surface area contributed by atoms with Gasteiger partial charge in [-0.2, -0.15) is 0 Å². The molecule has 0 unspecified atom stereocenters. The largest absolute Gasteiger partial charge is 0.325 e. The van der Waals surface area contributed by atoms with E-state index in [1.54, 1.807) is 24.3 Å². The van der Waals surface area contributed by atoms with Crippen molar-refractivity contribution in [1.29, 1.82) is 0 Å². The molecule has 0 aliphatic heterocycles. The lowest BCUT2D eigenvalue weighted by molar-refractivity contribution is -0.113. The van der Waals surface area contributed by atoms with Gasteiger partial charge in [0.05, 0.1) is 17.6 Å². The van der Waals surface area contributed by atoms with Gasteiger partial charge in [-0.1, -0.05) is 63.6 Å². The number of halogens is 2. The van der Waals surface area contributed by atoms with Gasteiger partial charge < -0.3 is 9.88 Å². The maximum absolute atomic E-state index is 12.2. The lowest BCUT2D eigenvalue weighted by Gasteiger charge is -2.10. The van der Waals surface area contributed by atoms with Gasteiger partial charge in [0.25, 0.3) is 0 Å². The molecule has 0 bridgehead atoms. The highest BCUT2D eigenvalue weighted by Crippen LogP contribution is 2.27. The van der Waals surface area contributed by atoms with Gasteiger partial charge in [0, 0.05) is 21.7 Å². The molecule has 1 heterocycles. The molecule has 1 N–H and O–H groups in total. The quantitative estimate of drug-likeness (QED) is 0.352. The molecule has 1 amide bonds. The molecule has 0 aliphatic carbocycles. The Morgan fingerprint density at radius 2 is 2.07 bits per heavy atom. The Kier molecular flexibility index (Phi) is 6.77. The van der Waals surface area contributed by atoms with E-state index in [0.717, 1.165) is 20.9 Å². The van der Waals surface area contributed by atoms with Crippen LogP contribution in [0.15, 0.2) is 77.0 Å². The fraction of sp³-hybridized carbons (Fsp3) is 0.100. The molecule has 1 aromatic heterocycles. The highest BCUT2D eigenvalue weighted by atomic mass is 79.9. The van der Waals surface area contributed by atoms with Gasteiger partial charge in [0.1, 0.15) is 0 Å². The number of amides is 1. The third-order valence-electron chi connectivity index (χ3n) is 3.71. The molecule has 7 heteroatoms. The van der Waals surface area contributed by atoms with E-state index in [4.69, 9.17) is 11.6 Å². The van der Waals surface area contributed by atoms with Gasteiger partial charge in [-0.25, -0.2) is 4.98 Å². The van der Waals surface area contributed by atoms with Crippen LogP contribution in [0.25, 0.3) is 11.3 Å². The van der Waals surface area contributed by atoms with Crippen molar-refractivity contribution in [1.82, 2.24) is 9.55 Å². The van der Waals surface area contributed by atoms with E-state index in [2.05, 4.69) is 32.8 Å². The summed E-state index contributed by atoms with van der Waals surface area (Å²) in [6.45, 7) is 4.44. The highest BCUT2D eigenvalue weighted by Gasteiger charge is 2.13. The minimum absolute atomic E-state index is 0.111. The van der Waals surface area contributed by atoms with Crippen molar-refractivity contribution in [2.24, 2.45) is 0 Å².